The Balaban J connectivity index is 1.86. The highest BCUT2D eigenvalue weighted by Gasteiger charge is 2.21. The Morgan fingerprint density at radius 1 is 1.50 bits per heavy atom. The molecule has 2 heterocycles. The summed E-state index contributed by atoms with van der Waals surface area (Å²) in [5.74, 6) is 0.907. The first kappa shape index (κ1) is 11.2. The Bertz CT molecular complexity index is 364. The van der Waals surface area contributed by atoms with Gasteiger partial charge in [-0.3, -0.25) is 9.48 Å². The Kier molecular flexibility index (Phi) is 3.27. The van der Waals surface area contributed by atoms with Crippen LogP contribution in [0.15, 0.2) is 12.3 Å². The van der Waals surface area contributed by atoms with Crippen LogP contribution in [0, 0.1) is 5.92 Å². The quantitative estimate of drug-likeness (QED) is 0.753. The van der Waals surface area contributed by atoms with E-state index in [1.165, 1.54) is 5.69 Å². The maximum Gasteiger partial charge on any atom is 0.219 e. The predicted molar refractivity (Wildman–Crippen MR) is 61.9 cm³/mol. The van der Waals surface area contributed by atoms with Crippen LogP contribution in [0.25, 0.3) is 0 Å². The molecule has 1 amide bonds. The molecule has 4 nitrogen and oxygen atoms in total. The fraction of sp³-hybridized carbons (Fsp3) is 0.667. The van der Waals surface area contributed by atoms with Gasteiger partial charge in [-0.05, 0) is 31.2 Å². The molecule has 0 N–H and O–H groups in total. The highest BCUT2D eigenvalue weighted by Crippen LogP contribution is 2.21. The number of piperidine rings is 1. The minimum Gasteiger partial charge on any atom is -0.343 e. The summed E-state index contributed by atoms with van der Waals surface area (Å²) in [7, 11) is 1.99. The molecule has 1 aliphatic rings. The third-order valence-corrected chi connectivity index (χ3v) is 3.48. The molecule has 0 aromatic carbocycles. The van der Waals surface area contributed by atoms with Gasteiger partial charge in [-0.25, -0.2) is 0 Å². The number of nitrogens with zero attached hydrogens (tertiary/aromatic N) is 3. The second-order valence-electron chi connectivity index (χ2n) is 4.60. The maximum absolute atomic E-state index is 11.2. The van der Waals surface area contributed by atoms with Gasteiger partial charge in [-0.15, -0.1) is 0 Å². The lowest BCUT2D eigenvalue weighted by atomic mass is 9.92. The van der Waals surface area contributed by atoms with Crippen molar-refractivity contribution in [3.05, 3.63) is 18.0 Å². The molecule has 0 atom stereocenters. The summed E-state index contributed by atoms with van der Waals surface area (Å²) >= 11 is 0. The lowest BCUT2D eigenvalue weighted by molar-refractivity contribution is -0.130. The van der Waals surface area contributed by atoms with Crippen LogP contribution < -0.4 is 0 Å². The van der Waals surface area contributed by atoms with Crippen LogP contribution in [-0.4, -0.2) is 33.7 Å². The van der Waals surface area contributed by atoms with E-state index in [2.05, 4.69) is 11.2 Å². The molecule has 1 aromatic rings. The molecule has 0 bridgehead atoms. The molecule has 0 radical (unpaired) electrons. The zero-order chi connectivity index (χ0) is 11.5. The van der Waals surface area contributed by atoms with Gasteiger partial charge < -0.3 is 4.90 Å². The average molecular weight is 221 g/mol. The van der Waals surface area contributed by atoms with Crippen molar-refractivity contribution in [2.45, 2.75) is 26.2 Å². The lowest BCUT2D eigenvalue weighted by Gasteiger charge is -2.31. The Hall–Kier alpha value is -1.32. The monoisotopic (exact) mass is 221 g/mol. The number of aromatic nitrogens is 2. The van der Waals surface area contributed by atoms with Crippen molar-refractivity contribution in [3.63, 3.8) is 0 Å². The summed E-state index contributed by atoms with van der Waals surface area (Å²) in [6.45, 7) is 3.48. The SMILES string of the molecule is CC(=O)N1CCC(Cc2ccnn2C)CC1. The number of aryl methyl sites for hydroxylation is 1. The van der Waals surface area contributed by atoms with Crippen molar-refractivity contribution in [1.82, 2.24) is 14.7 Å². The van der Waals surface area contributed by atoms with Gasteiger partial charge in [0.2, 0.25) is 5.91 Å². The van der Waals surface area contributed by atoms with Gasteiger partial charge in [0.15, 0.2) is 0 Å². The zero-order valence-electron chi connectivity index (χ0n) is 10.0. The zero-order valence-corrected chi connectivity index (χ0v) is 10.0. The van der Waals surface area contributed by atoms with E-state index in [1.807, 2.05) is 22.8 Å². The van der Waals surface area contributed by atoms with Gasteiger partial charge in [0.05, 0.1) is 0 Å². The summed E-state index contributed by atoms with van der Waals surface area (Å²) in [6.07, 6.45) is 5.16. The van der Waals surface area contributed by atoms with E-state index in [0.717, 1.165) is 32.4 Å². The van der Waals surface area contributed by atoms with Crippen LogP contribution in [0.5, 0.6) is 0 Å². The summed E-state index contributed by atoms with van der Waals surface area (Å²) in [4.78, 5) is 13.1. The number of amides is 1. The number of carbonyl (C=O) groups excluding carboxylic acids is 1. The van der Waals surface area contributed by atoms with Gasteiger partial charge in [0, 0.05) is 39.0 Å². The molecule has 0 unspecified atom stereocenters. The van der Waals surface area contributed by atoms with E-state index in [-0.39, 0.29) is 5.91 Å². The highest BCUT2D eigenvalue weighted by atomic mass is 16.2. The van der Waals surface area contributed by atoms with Crippen LogP contribution in [0.2, 0.25) is 0 Å². The summed E-state index contributed by atoms with van der Waals surface area (Å²) in [5, 5.41) is 4.18. The van der Waals surface area contributed by atoms with Crippen LogP contribution in [0.4, 0.5) is 0 Å². The first-order valence-corrected chi connectivity index (χ1v) is 5.89. The molecule has 88 valence electrons. The van der Waals surface area contributed by atoms with Crippen molar-refractivity contribution in [3.8, 4) is 0 Å². The van der Waals surface area contributed by atoms with Gasteiger partial charge in [0.1, 0.15) is 0 Å². The smallest absolute Gasteiger partial charge is 0.219 e. The average Bonchev–Trinajstić information content (AvgIpc) is 2.65. The Morgan fingerprint density at radius 3 is 2.69 bits per heavy atom. The van der Waals surface area contributed by atoms with Crippen molar-refractivity contribution in [2.24, 2.45) is 13.0 Å². The van der Waals surface area contributed by atoms with Crippen LogP contribution in [0.3, 0.4) is 0 Å². The first-order valence-electron chi connectivity index (χ1n) is 5.89. The van der Waals surface area contributed by atoms with Crippen molar-refractivity contribution >= 4 is 5.91 Å². The first-order chi connectivity index (χ1) is 7.66. The van der Waals surface area contributed by atoms with Crippen LogP contribution >= 0.6 is 0 Å². The van der Waals surface area contributed by atoms with Gasteiger partial charge in [0.25, 0.3) is 0 Å². The summed E-state index contributed by atoms with van der Waals surface area (Å²) in [5.41, 5.74) is 1.29. The molecular weight excluding hydrogens is 202 g/mol. The second-order valence-corrected chi connectivity index (χ2v) is 4.60. The normalized spacial score (nSPS) is 17.8. The molecular formula is C12H19N3O. The molecule has 0 aliphatic carbocycles. The van der Waals surface area contributed by atoms with Gasteiger partial charge in [-0.2, -0.15) is 5.10 Å². The van der Waals surface area contributed by atoms with Crippen molar-refractivity contribution < 1.29 is 4.79 Å². The van der Waals surface area contributed by atoms with E-state index in [9.17, 15) is 4.79 Å². The molecule has 0 spiro atoms. The molecule has 1 fully saturated rings. The molecule has 0 saturated carbocycles. The van der Waals surface area contributed by atoms with Crippen LogP contribution in [0.1, 0.15) is 25.5 Å². The number of carbonyl (C=O) groups is 1. The molecule has 4 heteroatoms. The molecule has 1 saturated heterocycles. The largest absolute Gasteiger partial charge is 0.343 e. The van der Waals surface area contributed by atoms with E-state index < -0.39 is 0 Å². The predicted octanol–water partition coefficient (Wildman–Crippen LogP) is 1.22. The Labute approximate surface area is 96.2 Å². The number of rotatable bonds is 2. The fourth-order valence-electron chi connectivity index (χ4n) is 2.35. The topological polar surface area (TPSA) is 38.1 Å². The fourth-order valence-corrected chi connectivity index (χ4v) is 2.35. The molecule has 16 heavy (non-hydrogen) atoms. The minimum absolute atomic E-state index is 0.207. The standard InChI is InChI=1S/C12H19N3O/c1-10(16)15-7-4-11(5-8-15)9-12-3-6-13-14(12)2/h3,6,11H,4-5,7-9H2,1-2H3. The van der Waals surface area contributed by atoms with Gasteiger partial charge >= 0.3 is 0 Å². The minimum atomic E-state index is 0.207. The van der Waals surface area contributed by atoms with Crippen molar-refractivity contribution in [2.75, 3.05) is 13.1 Å². The summed E-state index contributed by atoms with van der Waals surface area (Å²) in [6, 6.07) is 2.08. The number of likely N-dealkylation sites (tertiary alicyclic amines) is 1. The number of hydrogen-bond donors (Lipinski definition) is 0. The van der Waals surface area contributed by atoms with Gasteiger partial charge in [-0.1, -0.05) is 0 Å². The molecule has 2 rings (SSSR count). The van der Waals surface area contributed by atoms with Crippen molar-refractivity contribution in [1.29, 1.82) is 0 Å². The van der Waals surface area contributed by atoms with E-state index in [1.54, 1.807) is 6.92 Å². The third kappa shape index (κ3) is 2.43. The lowest BCUT2D eigenvalue weighted by Crippen LogP contribution is -2.37. The second kappa shape index (κ2) is 4.68. The summed E-state index contributed by atoms with van der Waals surface area (Å²) < 4.78 is 1.94. The third-order valence-electron chi connectivity index (χ3n) is 3.48. The van der Waals surface area contributed by atoms with E-state index in [4.69, 9.17) is 0 Å². The maximum atomic E-state index is 11.2. The number of hydrogen-bond acceptors (Lipinski definition) is 2. The Morgan fingerprint density at radius 2 is 2.19 bits per heavy atom. The van der Waals surface area contributed by atoms with E-state index in [0.29, 0.717) is 5.92 Å². The molecule has 1 aliphatic heterocycles. The van der Waals surface area contributed by atoms with E-state index >= 15 is 0 Å². The molecule has 1 aromatic heterocycles. The highest BCUT2D eigenvalue weighted by molar-refractivity contribution is 5.73. The van der Waals surface area contributed by atoms with Crippen LogP contribution in [-0.2, 0) is 18.3 Å².